The molecule has 19 heavy (non-hydrogen) atoms. The molecule has 2 aliphatic heterocycles. The normalized spacial score (nSPS) is 18.0. The van der Waals surface area contributed by atoms with Crippen molar-refractivity contribution in [2.75, 3.05) is 25.0 Å². The van der Waals surface area contributed by atoms with Gasteiger partial charge in [0.2, 0.25) is 5.91 Å². The second-order valence-corrected chi connectivity index (χ2v) is 4.94. The summed E-state index contributed by atoms with van der Waals surface area (Å²) in [6, 6.07) is 5.98. The maximum Gasteiger partial charge on any atom is 0.324 e. The zero-order valence-electron chi connectivity index (χ0n) is 10.7. The molecule has 100 valence electrons. The minimum Gasteiger partial charge on any atom is -0.385 e. The lowest BCUT2D eigenvalue weighted by atomic mass is 9.98. The van der Waals surface area contributed by atoms with Crippen LogP contribution in [0.4, 0.5) is 10.5 Å². The molecular formula is C14H17N3O2. The highest BCUT2D eigenvalue weighted by atomic mass is 16.2. The Hall–Kier alpha value is -2.04. The standard InChI is InChI=1S/C14H17N3O2/c18-12-9-16-14(19)17(12)8-6-11-4-1-3-10-5-2-7-15-13(10)11/h1,3-4,15H,2,5-9H2,(H,16,19). The molecule has 1 fully saturated rings. The van der Waals surface area contributed by atoms with Gasteiger partial charge in [0, 0.05) is 18.8 Å². The van der Waals surface area contributed by atoms with Crippen molar-refractivity contribution in [2.24, 2.45) is 0 Å². The molecule has 5 heteroatoms. The number of anilines is 1. The van der Waals surface area contributed by atoms with E-state index in [1.807, 2.05) is 6.07 Å². The molecule has 0 atom stereocenters. The van der Waals surface area contributed by atoms with E-state index in [9.17, 15) is 9.59 Å². The van der Waals surface area contributed by atoms with E-state index < -0.39 is 0 Å². The molecule has 2 aliphatic rings. The first kappa shape index (κ1) is 12.0. The van der Waals surface area contributed by atoms with Gasteiger partial charge in [-0.25, -0.2) is 4.79 Å². The molecule has 1 aromatic carbocycles. The van der Waals surface area contributed by atoms with E-state index in [-0.39, 0.29) is 18.5 Å². The molecule has 5 nitrogen and oxygen atoms in total. The van der Waals surface area contributed by atoms with Gasteiger partial charge in [-0.15, -0.1) is 0 Å². The number of benzene rings is 1. The van der Waals surface area contributed by atoms with Gasteiger partial charge in [-0.1, -0.05) is 18.2 Å². The number of aryl methyl sites for hydroxylation is 1. The molecule has 0 unspecified atom stereocenters. The Bertz CT molecular complexity index is 511. The third-order valence-corrected chi connectivity index (χ3v) is 3.70. The molecule has 0 aromatic heterocycles. The highest BCUT2D eigenvalue weighted by Crippen LogP contribution is 2.26. The van der Waals surface area contributed by atoms with Crippen LogP contribution in [0.5, 0.6) is 0 Å². The van der Waals surface area contributed by atoms with Crippen molar-refractivity contribution in [2.45, 2.75) is 19.3 Å². The number of nitrogens with zero attached hydrogens (tertiary/aromatic N) is 1. The third-order valence-electron chi connectivity index (χ3n) is 3.70. The minimum atomic E-state index is -0.275. The van der Waals surface area contributed by atoms with Gasteiger partial charge in [-0.3, -0.25) is 9.69 Å². The van der Waals surface area contributed by atoms with Gasteiger partial charge in [-0.2, -0.15) is 0 Å². The lowest BCUT2D eigenvalue weighted by molar-refractivity contribution is -0.124. The molecule has 1 saturated heterocycles. The van der Waals surface area contributed by atoms with Crippen molar-refractivity contribution in [1.29, 1.82) is 0 Å². The van der Waals surface area contributed by atoms with E-state index in [0.717, 1.165) is 19.4 Å². The topological polar surface area (TPSA) is 61.4 Å². The van der Waals surface area contributed by atoms with Crippen LogP contribution >= 0.6 is 0 Å². The summed E-state index contributed by atoms with van der Waals surface area (Å²) < 4.78 is 0. The molecule has 3 rings (SSSR count). The molecule has 0 radical (unpaired) electrons. The van der Waals surface area contributed by atoms with E-state index in [1.54, 1.807) is 0 Å². The first-order chi connectivity index (χ1) is 9.25. The largest absolute Gasteiger partial charge is 0.385 e. The molecule has 0 spiro atoms. The Morgan fingerprint density at radius 3 is 2.89 bits per heavy atom. The zero-order chi connectivity index (χ0) is 13.2. The SMILES string of the molecule is O=C1CNC(=O)N1CCc1cccc2c1NCCC2. The van der Waals surface area contributed by atoms with Crippen molar-refractivity contribution < 1.29 is 9.59 Å². The number of para-hydroxylation sites is 1. The molecule has 2 heterocycles. The zero-order valence-corrected chi connectivity index (χ0v) is 10.7. The molecule has 1 aromatic rings. The fourth-order valence-corrected chi connectivity index (χ4v) is 2.70. The number of amides is 3. The molecule has 0 aliphatic carbocycles. The number of imide groups is 1. The predicted molar refractivity (Wildman–Crippen MR) is 72.1 cm³/mol. The minimum absolute atomic E-state index is 0.129. The Morgan fingerprint density at radius 2 is 2.11 bits per heavy atom. The number of rotatable bonds is 3. The van der Waals surface area contributed by atoms with Crippen LogP contribution < -0.4 is 10.6 Å². The molecule has 3 amide bonds. The van der Waals surface area contributed by atoms with Crippen LogP contribution in [0.25, 0.3) is 0 Å². The summed E-state index contributed by atoms with van der Waals surface area (Å²) in [5, 5.41) is 5.96. The fourth-order valence-electron chi connectivity index (χ4n) is 2.70. The van der Waals surface area contributed by atoms with Crippen LogP contribution in [0.3, 0.4) is 0 Å². The van der Waals surface area contributed by atoms with Gasteiger partial charge >= 0.3 is 6.03 Å². The smallest absolute Gasteiger partial charge is 0.324 e. The summed E-state index contributed by atoms with van der Waals surface area (Å²) in [4.78, 5) is 24.3. The van der Waals surface area contributed by atoms with Gasteiger partial charge in [0.05, 0.1) is 6.54 Å². The number of hydrogen-bond donors (Lipinski definition) is 2. The highest BCUT2D eigenvalue weighted by molar-refractivity contribution is 6.01. The molecular weight excluding hydrogens is 242 g/mol. The van der Waals surface area contributed by atoms with Crippen LogP contribution in [-0.4, -0.2) is 36.5 Å². The molecule has 0 saturated carbocycles. The average Bonchev–Trinajstić information content (AvgIpc) is 2.76. The lowest BCUT2D eigenvalue weighted by Gasteiger charge is -2.22. The van der Waals surface area contributed by atoms with Crippen molar-refractivity contribution in [3.8, 4) is 0 Å². The second-order valence-electron chi connectivity index (χ2n) is 4.94. The van der Waals surface area contributed by atoms with E-state index in [2.05, 4.69) is 22.8 Å². The lowest BCUT2D eigenvalue weighted by Crippen LogP contribution is -2.33. The van der Waals surface area contributed by atoms with Crippen LogP contribution in [0, 0.1) is 0 Å². The molecule has 0 bridgehead atoms. The predicted octanol–water partition coefficient (Wildman–Crippen LogP) is 1.14. The fraction of sp³-hybridized carbons (Fsp3) is 0.429. The van der Waals surface area contributed by atoms with Crippen molar-refractivity contribution in [3.63, 3.8) is 0 Å². The summed E-state index contributed by atoms with van der Waals surface area (Å²) in [7, 11) is 0. The summed E-state index contributed by atoms with van der Waals surface area (Å²) in [6.45, 7) is 1.57. The number of nitrogens with one attached hydrogen (secondary N) is 2. The van der Waals surface area contributed by atoms with Crippen molar-refractivity contribution in [3.05, 3.63) is 29.3 Å². The Balaban J connectivity index is 1.73. The average molecular weight is 259 g/mol. The Labute approximate surface area is 112 Å². The second kappa shape index (κ2) is 4.91. The van der Waals surface area contributed by atoms with Gasteiger partial charge in [0.15, 0.2) is 0 Å². The highest BCUT2D eigenvalue weighted by Gasteiger charge is 2.28. The maximum absolute atomic E-state index is 11.5. The monoisotopic (exact) mass is 259 g/mol. The van der Waals surface area contributed by atoms with E-state index in [0.29, 0.717) is 13.0 Å². The number of urea groups is 1. The van der Waals surface area contributed by atoms with Gasteiger partial charge in [0.25, 0.3) is 0 Å². The number of hydrogen-bond acceptors (Lipinski definition) is 3. The van der Waals surface area contributed by atoms with Crippen LogP contribution in [0.15, 0.2) is 18.2 Å². The maximum atomic E-state index is 11.5. The van der Waals surface area contributed by atoms with E-state index in [4.69, 9.17) is 0 Å². The van der Waals surface area contributed by atoms with Crippen molar-refractivity contribution in [1.82, 2.24) is 10.2 Å². The van der Waals surface area contributed by atoms with Crippen LogP contribution in [-0.2, 0) is 17.6 Å². The number of fused-ring (bicyclic) bond motifs is 1. The summed E-state index contributed by atoms with van der Waals surface area (Å²) in [5.41, 5.74) is 3.71. The molecule has 2 N–H and O–H groups in total. The Kier molecular flexibility index (Phi) is 3.11. The summed E-state index contributed by atoms with van der Waals surface area (Å²) in [6.07, 6.45) is 2.96. The van der Waals surface area contributed by atoms with Gasteiger partial charge in [-0.05, 0) is 30.4 Å². The first-order valence-electron chi connectivity index (χ1n) is 6.68. The summed E-state index contributed by atoms with van der Waals surface area (Å²) >= 11 is 0. The first-order valence-corrected chi connectivity index (χ1v) is 6.68. The van der Waals surface area contributed by atoms with E-state index in [1.165, 1.54) is 21.7 Å². The summed E-state index contributed by atoms with van der Waals surface area (Å²) in [5.74, 6) is -0.136. The van der Waals surface area contributed by atoms with Crippen molar-refractivity contribution >= 4 is 17.6 Å². The Morgan fingerprint density at radius 1 is 1.21 bits per heavy atom. The van der Waals surface area contributed by atoms with Crippen LogP contribution in [0.2, 0.25) is 0 Å². The van der Waals surface area contributed by atoms with Gasteiger partial charge < -0.3 is 10.6 Å². The quantitative estimate of drug-likeness (QED) is 0.800. The number of carbonyl (C=O) groups excluding carboxylic acids is 2. The third kappa shape index (κ3) is 2.28. The van der Waals surface area contributed by atoms with Crippen LogP contribution in [0.1, 0.15) is 17.5 Å². The number of carbonyl (C=O) groups is 2. The van der Waals surface area contributed by atoms with Gasteiger partial charge in [0.1, 0.15) is 0 Å². The van der Waals surface area contributed by atoms with E-state index >= 15 is 0 Å².